The summed E-state index contributed by atoms with van der Waals surface area (Å²) >= 11 is 0. The van der Waals surface area contributed by atoms with Crippen LogP contribution < -0.4 is 10.1 Å². The monoisotopic (exact) mass is 294 g/mol. The van der Waals surface area contributed by atoms with Crippen molar-refractivity contribution < 1.29 is 9.53 Å². The summed E-state index contributed by atoms with van der Waals surface area (Å²) < 4.78 is 5.43. The molecule has 0 radical (unpaired) electrons. The van der Waals surface area contributed by atoms with Crippen molar-refractivity contribution in [3.05, 3.63) is 59.2 Å². The molecule has 0 aliphatic heterocycles. The second-order valence-electron chi connectivity index (χ2n) is 4.94. The maximum absolute atomic E-state index is 12.1. The van der Waals surface area contributed by atoms with Gasteiger partial charge in [-0.2, -0.15) is 5.26 Å². The first kappa shape index (κ1) is 15.6. The third kappa shape index (κ3) is 3.86. The molecule has 0 aromatic heterocycles. The largest absolute Gasteiger partial charge is 0.484 e. The van der Waals surface area contributed by atoms with Gasteiger partial charge in [-0.15, -0.1) is 0 Å². The molecule has 0 heterocycles. The molecule has 0 saturated carbocycles. The first-order chi connectivity index (χ1) is 10.6. The average Bonchev–Trinajstić information content (AvgIpc) is 2.55. The number of carbonyl (C=O) groups is 1. The Morgan fingerprint density at radius 1 is 1.27 bits per heavy atom. The normalized spacial score (nSPS) is 9.86. The lowest BCUT2D eigenvalue weighted by molar-refractivity contribution is -0.118. The molecule has 0 bridgehead atoms. The molecule has 0 atom stereocenters. The highest BCUT2D eigenvalue weighted by molar-refractivity contribution is 5.93. The maximum atomic E-state index is 12.1. The van der Waals surface area contributed by atoms with E-state index in [0.29, 0.717) is 11.3 Å². The SMILES string of the molecule is CCc1cccc(C)c1NC(=O)COc1cccc(C#N)c1. The molecule has 1 N–H and O–H groups in total. The molecule has 0 unspecified atom stereocenters. The number of hydrogen-bond acceptors (Lipinski definition) is 3. The Hall–Kier alpha value is -2.80. The predicted octanol–water partition coefficient (Wildman–Crippen LogP) is 3.45. The quantitative estimate of drug-likeness (QED) is 0.918. The molecule has 4 nitrogen and oxygen atoms in total. The summed E-state index contributed by atoms with van der Waals surface area (Å²) in [5.41, 5.74) is 3.48. The first-order valence-corrected chi connectivity index (χ1v) is 7.15. The van der Waals surface area contributed by atoms with Crippen LogP contribution in [0.4, 0.5) is 5.69 Å². The standard InChI is InChI=1S/C18H18N2O2/c1-3-15-8-4-6-13(2)18(15)20-17(21)12-22-16-9-5-7-14(10-16)11-19/h4-10H,3,12H2,1-2H3,(H,20,21). The molecule has 2 rings (SSSR count). The third-order valence-corrected chi connectivity index (χ3v) is 3.34. The summed E-state index contributed by atoms with van der Waals surface area (Å²) in [5, 5.41) is 11.7. The van der Waals surface area contributed by atoms with Gasteiger partial charge >= 0.3 is 0 Å². The van der Waals surface area contributed by atoms with Crippen LogP contribution in [0.2, 0.25) is 0 Å². The van der Waals surface area contributed by atoms with Gasteiger partial charge < -0.3 is 10.1 Å². The van der Waals surface area contributed by atoms with Gasteiger partial charge in [0.05, 0.1) is 11.6 Å². The van der Waals surface area contributed by atoms with E-state index in [1.807, 2.05) is 38.1 Å². The first-order valence-electron chi connectivity index (χ1n) is 7.15. The molecule has 1 amide bonds. The number of para-hydroxylation sites is 1. The van der Waals surface area contributed by atoms with Crippen molar-refractivity contribution in [3.63, 3.8) is 0 Å². The number of benzene rings is 2. The number of carbonyl (C=O) groups excluding carboxylic acids is 1. The highest BCUT2D eigenvalue weighted by Crippen LogP contribution is 2.21. The third-order valence-electron chi connectivity index (χ3n) is 3.34. The maximum Gasteiger partial charge on any atom is 0.262 e. The Kier molecular flexibility index (Phi) is 5.16. The zero-order valence-electron chi connectivity index (χ0n) is 12.7. The van der Waals surface area contributed by atoms with Crippen LogP contribution in [-0.2, 0) is 11.2 Å². The predicted molar refractivity (Wildman–Crippen MR) is 85.8 cm³/mol. The Morgan fingerprint density at radius 2 is 2.05 bits per heavy atom. The van der Waals surface area contributed by atoms with Crippen molar-refractivity contribution in [1.29, 1.82) is 5.26 Å². The van der Waals surface area contributed by atoms with Crippen LogP contribution in [0.1, 0.15) is 23.6 Å². The van der Waals surface area contributed by atoms with Crippen LogP contribution in [0, 0.1) is 18.3 Å². The molecular formula is C18H18N2O2. The van der Waals surface area contributed by atoms with Gasteiger partial charge in [-0.3, -0.25) is 4.79 Å². The van der Waals surface area contributed by atoms with Crippen molar-refractivity contribution >= 4 is 11.6 Å². The zero-order valence-corrected chi connectivity index (χ0v) is 12.7. The fraction of sp³-hybridized carbons (Fsp3) is 0.222. The molecule has 2 aromatic carbocycles. The van der Waals surface area contributed by atoms with E-state index in [1.54, 1.807) is 24.3 Å². The highest BCUT2D eigenvalue weighted by atomic mass is 16.5. The number of hydrogen-bond donors (Lipinski definition) is 1. The van der Waals surface area contributed by atoms with Crippen LogP contribution in [0.3, 0.4) is 0 Å². The van der Waals surface area contributed by atoms with Crippen molar-refractivity contribution in [2.45, 2.75) is 20.3 Å². The lowest BCUT2D eigenvalue weighted by Gasteiger charge is -2.13. The fourth-order valence-electron chi connectivity index (χ4n) is 2.18. The van der Waals surface area contributed by atoms with E-state index < -0.39 is 0 Å². The minimum absolute atomic E-state index is 0.0909. The van der Waals surface area contributed by atoms with Crippen molar-refractivity contribution in [1.82, 2.24) is 0 Å². The molecule has 4 heteroatoms. The van der Waals surface area contributed by atoms with Gasteiger partial charge in [-0.25, -0.2) is 0 Å². The van der Waals surface area contributed by atoms with Crippen LogP contribution in [0.15, 0.2) is 42.5 Å². The number of nitriles is 1. The fourth-order valence-corrected chi connectivity index (χ4v) is 2.18. The second-order valence-corrected chi connectivity index (χ2v) is 4.94. The summed E-state index contributed by atoms with van der Waals surface area (Å²) in [5.74, 6) is 0.293. The molecule has 0 saturated heterocycles. The Bertz CT molecular complexity index is 717. The lowest BCUT2D eigenvalue weighted by atomic mass is 10.1. The van der Waals surface area contributed by atoms with Crippen LogP contribution >= 0.6 is 0 Å². The van der Waals surface area contributed by atoms with Gasteiger partial charge in [0.25, 0.3) is 5.91 Å². The summed E-state index contributed by atoms with van der Waals surface area (Å²) in [6.45, 7) is 3.92. The van der Waals surface area contributed by atoms with Crippen molar-refractivity contribution in [2.75, 3.05) is 11.9 Å². The number of anilines is 1. The van der Waals surface area contributed by atoms with Gasteiger partial charge in [0.2, 0.25) is 0 Å². The molecule has 0 aliphatic carbocycles. The molecular weight excluding hydrogens is 276 g/mol. The molecule has 22 heavy (non-hydrogen) atoms. The van der Waals surface area contributed by atoms with E-state index in [4.69, 9.17) is 10.00 Å². The van der Waals surface area contributed by atoms with Crippen molar-refractivity contribution in [2.24, 2.45) is 0 Å². The highest BCUT2D eigenvalue weighted by Gasteiger charge is 2.09. The minimum Gasteiger partial charge on any atom is -0.484 e. The van der Waals surface area contributed by atoms with Crippen LogP contribution in [0.5, 0.6) is 5.75 Å². The van der Waals surface area contributed by atoms with E-state index in [2.05, 4.69) is 5.32 Å². The van der Waals surface area contributed by atoms with Gasteiger partial charge in [-0.1, -0.05) is 31.2 Å². The molecule has 2 aromatic rings. The topological polar surface area (TPSA) is 62.1 Å². The van der Waals surface area contributed by atoms with E-state index in [1.165, 1.54) is 0 Å². The summed E-state index contributed by atoms with van der Waals surface area (Å²) in [4.78, 5) is 12.1. The van der Waals surface area contributed by atoms with Crippen LogP contribution in [-0.4, -0.2) is 12.5 Å². The number of rotatable bonds is 5. The van der Waals surface area contributed by atoms with Crippen molar-refractivity contribution in [3.8, 4) is 11.8 Å². The van der Waals surface area contributed by atoms with Gasteiger partial charge in [0.15, 0.2) is 6.61 Å². The summed E-state index contributed by atoms with van der Waals surface area (Å²) in [7, 11) is 0. The van der Waals surface area contributed by atoms with Gasteiger partial charge in [-0.05, 0) is 42.7 Å². The lowest BCUT2D eigenvalue weighted by Crippen LogP contribution is -2.21. The van der Waals surface area contributed by atoms with Gasteiger partial charge in [0, 0.05) is 5.69 Å². The molecule has 0 fully saturated rings. The van der Waals surface area contributed by atoms with Gasteiger partial charge in [0.1, 0.15) is 5.75 Å². The Labute approximate surface area is 130 Å². The smallest absolute Gasteiger partial charge is 0.262 e. The summed E-state index contributed by atoms with van der Waals surface area (Å²) in [6, 6.07) is 14.7. The molecule has 112 valence electrons. The number of amides is 1. The number of nitrogens with one attached hydrogen (secondary N) is 1. The van der Waals surface area contributed by atoms with E-state index in [-0.39, 0.29) is 12.5 Å². The van der Waals surface area contributed by atoms with E-state index in [0.717, 1.165) is 23.2 Å². The Balaban J connectivity index is 2.00. The molecule has 0 spiro atoms. The average molecular weight is 294 g/mol. The Morgan fingerprint density at radius 3 is 2.77 bits per heavy atom. The minimum atomic E-state index is -0.216. The van der Waals surface area contributed by atoms with Crippen LogP contribution in [0.25, 0.3) is 0 Å². The zero-order chi connectivity index (χ0) is 15.9. The van der Waals surface area contributed by atoms with E-state index >= 15 is 0 Å². The number of aryl methyl sites for hydroxylation is 2. The number of ether oxygens (including phenoxy) is 1. The summed E-state index contributed by atoms with van der Waals surface area (Å²) in [6.07, 6.45) is 0.850. The second kappa shape index (κ2) is 7.28. The molecule has 0 aliphatic rings. The number of nitrogens with zero attached hydrogens (tertiary/aromatic N) is 1. The van der Waals surface area contributed by atoms with E-state index in [9.17, 15) is 4.79 Å².